The number of hydrogen-bond acceptors (Lipinski definition) is 6. The van der Waals surface area contributed by atoms with Crippen molar-refractivity contribution in [2.45, 2.75) is 31.9 Å². The molecular formula is C29H23F2N5O3S. The van der Waals surface area contributed by atoms with Crippen LogP contribution in [0.2, 0.25) is 0 Å². The Morgan fingerprint density at radius 2 is 1.80 bits per heavy atom. The largest absolute Gasteiger partial charge is 0.471 e. The van der Waals surface area contributed by atoms with Gasteiger partial charge in [0.1, 0.15) is 21.2 Å². The van der Waals surface area contributed by atoms with Crippen LogP contribution in [0, 0.1) is 0 Å². The first-order valence-electron chi connectivity index (χ1n) is 12.6. The summed E-state index contributed by atoms with van der Waals surface area (Å²) in [6.45, 7) is 0.0675. The number of aromatic nitrogens is 3. The number of carbonyl (C=O) groups is 2. The molecule has 11 heteroatoms. The predicted octanol–water partition coefficient (Wildman–Crippen LogP) is 6.36. The quantitative estimate of drug-likeness (QED) is 0.218. The molecule has 0 aliphatic heterocycles. The van der Waals surface area contributed by atoms with Gasteiger partial charge in [-0.25, -0.2) is 18.4 Å². The van der Waals surface area contributed by atoms with E-state index in [4.69, 9.17) is 10.5 Å². The Kier molecular flexibility index (Phi) is 6.72. The van der Waals surface area contributed by atoms with Gasteiger partial charge >= 0.3 is 0 Å². The maximum Gasteiger partial charge on any atom is 0.280 e. The van der Waals surface area contributed by atoms with Crippen LogP contribution in [0.15, 0.2) is 72.9 Å². The molecule has 40 heavy (non-hydrogen) atoms. The number of anilines is 1. The molecule has 0 radical (unpaired) electrons. The minimum atomic E-state index is -2.76. The van der Waals surface area contributed by atoms with Crippen molar-refractivity contribution in [3.8, 4) is 16.9 Å². The number of thiophene rings is 1. The first-order chi connectivity index (χ1) is 19.4. The fraction of sp³-hybridized carbons (Fsp3) is 0.172. The lowest BCUT2D eigenvalue weighted by Crippen LogP contribution is -2.18. The predicted molar refractivity (Wildman–Crippen MR) is 148 cm³/mol. The lowest BCUT2D eigenvalue weighted by Gasteiger charge is -2.09. The number of nitrogens with two attached hydrogens (primary N) is 1. The van der Waals surface area contributed by atoms with E-state index in [1.165, 1.54) is 16.8 Å². The Morgan fingerprint density at radius 1 is 1.07 bits per heavy atom. The molecule has 8 nitrogen and oxygen atoms in total. The van der Waals surface area contributed by atoms with Crippen molar-refractivity contribution in [3.05, 3.63) is 94.8 Å². The van der Waals surface area contributed by atoms with Gasteiger partial charge < -0.3 is 15.8 Å². The molecule has 5 aromatic rings. The third-order valence-corrected chi connectivity index (χ3v) is 7.71. The number of halogens is 2. The smallest absolute Gasteiger partial charge is 0.280 e. The summed E-state index contributed by atoms with van der Waals surface area (Å²) in [5.41, 5.74) is 8.28. The fourth-order valence-electron chi connectivity index (χ4n) is 4.51. The number of alkyl halides is 2. The maximum atomic E-state index is 13.5. The van der Waals surface area contributed by atoms with Crippen LogP contribution in [0.25, 0.3) is 21.3 Å². The first kappa shape index (κ1) is 25.6. The molecule has 0 bridgehead atoms. The zero-order valence-electron chi connectivity index (χ0n) is 21.0. The number of benzene rings is 2. The van der Waals surface area contributed by atoms with Gasteiger partial charge in [0.25, 0.3) is 18.2 Å². The van der Waals surface area contributed by atoms with E-state index < -0.39 is 18.2 Å². The van der Waals surface area contributed by atoms with Gasteiger partial charge in [-0.2, -0.15) is 5.10 Å². The van der Waals surface area contributed by atoms with E-state index in [0.717, 1.165) is 35.3 Å². The highest BCUT2D eigenvalue weighted by Gasteiger charge is 2.32. The van der Waals surface area contributed by atoms with Gasteiger partial charge in [-0.05, 0) is 59.7 Å². The van der Waals surface area contributed by atoms with E-state index in [2.05, 4.69) is 15.4 Å². The molecule has 1 fully saturated rings. The Hall–Kier alpha value is -4.64. The van der Waals surface area contributed by atoms with Gasteiger partial charge in [-0.1, -0.05) is 42.5 Å². The van der Waals surface area contributed by atoms with Crippen LogP contribution in [-0.2, 0) is 6.73 Å². The normalized spacial score (nSPS) is 13.1. The van der Waals surface area contributed by atoms with Crippen molar-refractivity contribution in [2.24, 2.45) is 5.73 Å². The van der Waals surface area contributed by atoms with Crippen LogP contribution in [0.1, 0.15) is 56.6 Å². The second-order valence-electron chi connectivity index (χ2n) is 9.42. The standard InChI is InChI=1S/C29H23F2N5O3S/c30-26(31)22-14-20(18-6-7-18)23-24(25(27(32)37)40-29(23)33-22)34-28(38)21-12-13-36(35-21)15-39-19-10-8-17(9-11-19)16-4-2-1-3-5-16/h1-5,8-14,18,26H,6-7,15H2,(H2,32,37)(H,34,38). The molecule has 1 aliphatic rings. The number of primary amides is 1. The number of hydrogen-bond donors (Lipinski definition) is 2. The Bertz CT molecular complexity index is 1710. The van der Waals surface area contributed by atoms with Gasteiger partial charge in [0, 0.05) is 11.6 Å². The average molecular weight is 560 g/mol. The number of nitrogens with one attached hydrogen (secondary N) is 1. The molecule has 3 N–H and O–H groups in total. The number of rotatable bonds is 9. The number of fused-ring (bicyclic) bond motifs is 1. The van der Waals surface area contributed by atoms with Gasteiger partial charge in [-0.15, -0.1) is 11.3 Å². The lowest BCUT2D eigenvalue weighted by molar-refractivity contribution is 0.100. The monoisotopic (exact) mass is 559 g/mol. The number of ether oxygens (including phenoxy) is 1. The van der Waals surface area contributed by atoms with Gasteiger partial charge in [0.15, 0.2) is 12.4 Å². The zero-order valence-corrected chi connectivity index (χ0v) is 21.8. The molecule has 0 saturated heterocycles. The molecule has 3 heterocycles. The Balaban J connectivity index is 1.19. The van der Waals surface area contributed by atoms with Crippen molar-refractivity contribution in [3.63, 3.8) is 0 Å². The molecule has 202 valence electrons. The molecular weight excluding hydrogens is 536 g/mol. The van der Waals surface area contributed by atoms with Crippen molar-refractivity contribution in [1.82, 2.24) is 14.8 Å². The van der Waals surface area contributed by atoms with Crippen LogP contribution in [0.4, 0.5) is 14.5 Å². The summed E-state index contributed by atoms with van der Waals surface area (Å²) in [5, 5.41) is 7.50. The second-order valence-corrected chi connectivity index (χ2v) is 10.4. The second kappa shape index (κ2) is 10.5. The van der Waals surface area contributed by atoms with E-state index in [1.54, 1.807) is 6.20 Å². The molecule has 1 aliphatic carbocycles. The van der Waals surface area contributed by atoms with Crippen molar-refractivity contribution in [2.75, 3.05) is 5.32 Å². The zero-order chi connectivity index (χ0) is 27.8. The highest BCUT2D eigenvalue weighted by molar-refractivity contribution is 7.21. The maximum absolute atomic E-state index is 13.5. The summed E-state index contributed by atoms with van der Waals surface area (Å²) in [6, 6.07) is 20.5. The topological polar surface area (TPSA) is 112 Å². The van der Waals surface area contributed by atoms with Crippen molar-refractivity contribution in [1.29, 1.82) is 0 Å². The fourth-order valence-corrected chi connectivity index (χ4v) is 5.54. The van der Waals surface area contributed by atoms with E-state index in [0.29, 0.717) is 16.7 Å². The van der Waals surface area contributed by atoms with E-state index >= 15 is 0 Å². The van der Waals surface area contributed by atoms with Crippen LogP contribution in [-0.4, -0.2) is 26.6 Å². The summed E-state index contributed by atoms with van der Waals surface area (Å²) < 4.78 is 34.2. The highest BCUT2D eigenvalue weighted by atomic mass is 32.1. The third-order valence-electron chi connectivity index (χ3n) is 6.61. The lowest BCUT2D eigenvalue weighted by atomic mass is 10.0. The van der Waals surface area contributed by atoms with E-state index in [1.807, 2.05) is 54.6 Å². The molecule has 0 spiro atoms. The molecule has 0 unspecified atom stereocenters. The van der Waals surface area contributed by atoms with Crippen LogP contribution >= 0.6 is 11.3 Å². The SMILES string of the molecule is NC(=O)c1sc2nc(C(F)F)cc(C3CC3)c2c1NC(=O)c1ccn(COc2ccc(-c3ccccc3)cc2)n1. The number of nitrogens with zero attached hydrogens (tertiary/aromatic N) is 3. The minimum absolute atomic E-state index is 0.0471. The number of carbonyl (C=O) groups excluding carboxylic acids is 2. The third kappa shape index (κ3) is 5.15. The van der Waals surface area contributed by atoms with Gasteiger partial charge in [0.2, 0.25) is 0 Å². The highest BCUT2D eigenvalue weighted by Crippen LogP contribution is 2.48. The summed E-state index contributed by atoms with van der Waals surface area (Å²) >= 11 is 0.891. The Morgan fingerprint density at radius 3 is 2.48 bits per heavy atom. The number of amides is 2. The van der Waals surface area contributed by atoms with Crippen molar-refractivity contribution >= 4 is 39.1 Å². The molecule has 2 amide bonds. The Labute approximate surface area is 231 Å². The summed E-state index contributed by atoms with van der Waals surface area (Å²) in [4.78, 5) is 29.7. The average Bonchev–Trinajstić information content (AvgIpc) is 3.59. The first-order valence-corrected chi connectivity index (χ1v) is 13.4. The minimum Gasteiger partial charge on any atom is -0.471 e. The van der Waals surface area contributed by atoms with Crippen LogP contribution in [0.5, 0.6) is 5.75 Å². The van der Waals surface area contributed by atoms with E-state index in [-0.39, 0.29) is 39.4 Å². The summed E-state index contributed by atoms with van der Waals surface area (Å²) in [7, 11) is 0. The van der Waals surface area contributed by atoms with Crippen LogP contribution in [0.3, 0.4) is 0 Å². The van der Waals surface area contributed by atoms with Crippen LogP contribution < -0.4 is 15.8 Å². The molecule has 3 aromatic heterocycles. The van der Waals surface area contributed by atoms with E-state index in [9.17, 15) is 18.4 Å². The van der Waals surface area contributed by atoms with Gasteiger partial charge in [-0.3, -0.25) is 9.59 Å². The van der Waals surface area contributed by atoms with Gasteiger partial charge in [0.05, 0.1) is 5.69 Å². The van der Waals surface area contributed by atoms with Crippen molar-refractivity contribution < 1.29 is 23.1 Å². The number of pyridine rings is 1. The summed E-state index contributed by atoms with van der Waals surface area (Å²) in [6.07, 6.45) is 0.499. The summed E-state index contributed by atoms with van der Waals surface area (Å²) in [5.74, 6) is -0.656. The molecule has 0 atom stereocenters. The molecule has 1 saturated carbocycles. The molecule has 6 rings (SSSR count). The molecule has 2 aromatic carbocycles.